The predicted molar refractivity (Wildman–Crippen MR) is 130 cm³/mol. The van der Waals surface area contributed by atoms with E-state index in [4.69, 9.17) is 25.9 Å². The standard InChI is InChI=1S/C25H20ClN3O7/c1-34-18-11-12-19(20(13-18)35-2)22-21-23(36-28(22)16-5-3-14(26)4-6-16)25(31)27(24(21)30)15-7-9-17(10-8-15)29(32)33/h3-13,21-23H,1-2H3/t21-,22-,23-/m0/s1. The van der Waals surface area contributed by atoms with Crippen LogP contribution in [0.25, 0.3) is 0 Å². The average molecular weight is 510 g/mol. The second-order valence-corrected chi connectivity index (χ2v) is 8.63. The first kappa shape index (κ1) is 23.6. The fourth-order valence-corrected chi connectivity index (χ4v) is 4.71. The number of methoxy groups -OCH3 is 2. The van der Waals surface area contributed by atoms with Gasteiger partial charge < -0.3 is 9.47 Å². The van der Waals surface area contributed by atoms with Crippen molar-refractivity contribution in [1.29, 1.82) is 0 Å². The Morgan fingerprint density at radius 1 is 0.917 bits per heavy atom. The topological polar surface area (TPSA) is 111 Å². The Morgan fingerprint density at radius 3 is 2.19 bits per heavy atom. The van der Waals surface area contributed by atoms with E-state index < -0.39 is 34.8 Å². The van der Waals surface area contributed by atoms with Crippen LogP contribution >= 0.6 is 11.6 Å². The Balaban J connectivity index is 1.59. The molecule has 0 spiro atoms. The van der Waals surface area contributed by atoms with Crippen molar-refractivity contribution in [2.24, 2.45) is 5.92 Å². The monoisotopic (exact) mass is 509 g/mol. The molecule has 0 aliphatic carbocycles. The van der Waals surface area contributed by atoms with Crippen LogP contribution in [-0.2, 0) is 14.4 Å². The number of non-ortho nitro benzene ring substituents is 1. The predicted octanol–water partition coefficient (Wildman–Crippen LogP) is 4.32. The summed E-state index contributed by atoms with van der Waals surface area (Å²) in [6, 6.07) is 16.5. The maximum Gasteiger partial charge on any atom is 0.269 e. The Labute approximate surface area is 210 Å². The maximum atomic E-state index is 13.7. The number of anilines is 2. The summed E-state index contributed by atoms with van der Waals surface area (Å²) in [6.07, 6.45) is -1.11. The molecule has 2 amide bonds. The third kappa shape index (κ3) is 3.80. The molecule has 36 heavy (non-hydrogen) atoms. The van der Waals surface area contributed by atoms with Crippen LogP contribution in [0.1, 0.15) is 11.6 Å². The lowest BCUT2D eigenvalue weighted by molar-refractivity contribution is -0.384. The maximum absolute atomic E-state index is 13.7. The van der Waals surface area contributed by atoms with E-state index in [1.807, 2.05) is 0 Å². The van der Waals surface area contributed by atoms with Gasteiger partial charge in [0.25, 0.3) is 11.6 Å². The molecule has 5 rings (SSSR count). The number of carbonyl (C=O) groups is 2. The summed E-state index contributed by atoms with van der Waals surface area (Å²) in [5, 5.41) is 13.1. The number of carbonyl (C=O) groups excluding carboxylic acids is 2. The molecule has 0 bridgehead atoms. The molecule has 11 heteroatoms. The molecule has 2 heterocycles. The zero-order valence-electron chi connectivity index (χ0n) is 19.2. The summed E-state index contributed by atoms with van der Waals surface area (Å²) >= 11 is 6.06. The molecule has 2 aliphatic rings. The first-order chi connectivity index (χ1) is 17.3. The third-order valence-electron chi connectivity index (χ3n) is 6.27. The molecule has 0 radical (unpaired) electrons. The van der Waals surface area contributed by atoms with Gasteiger partial charge in [0, 0.05) is 28.8 Å². The van der Waals surface area contributed by atoms with Gasteiger partial charge in [-0.3, -0.25) is 24.5 Å². The van der Waals surface area contributed by atoms with Gasteiger partial charge in [0.05, 0.1) is 36.6 Å². The quantitative estimate of drug-likeness (QED) is 0.274. The second-order valence-electron chi connectivity index (χ2n) is 8.19. The van der Waals surface area contributed by atoms with Crippen molar-refractivity contribution in [1.82, 2.24) is 0 Å². The van der Waals surface area contributed by atoms with Crippen LogP contribution in [0.3, 0.4) is 0 Å². The molecule has 0 saturated carbocycles. The number of rotatable bonds is 6. The molecule has 2 aliphatic heterocycles. The normalized spacial score (nSPS) is 21.0. The Kier molecular flexibility index (Phi) is 5.99. The summed E-state index contributed by atoms with van der Waals surface area (Å²) in [7, 11) is 3.04. The van der Waals surface area contributed by atoms with Gasteiger partial charge in [-0.05, 0) is 48.5 Å². The molecule has 10 nitrogen and oxygen atoms in total. The average Bonchev–Trinajstić information content (AvgIpc) is 3.39. The molecule has 0 N–H and O–H groups in total. The zero-order chi connectivity index (χ0) is 25.6. The number of ether oxygens (including phenoxy) is 2. The van der Waals surface area contributed by atoms with Gasteiger partial charge in [-0.15, -0.1) is 0 Å². The van der Waals surface area contributed by atoms with Gasteiger partial charge in [-0.1, -0.05) is 11.6 Å². The van der Waals surface area contributed by atoms with Gasteiger partial charge >= 0.3 is 0 Å². The summed E-state index contributed by atoms with van der Waals surface area (Å²) in [6.45, 7) is 0. The van der Waals surface area contributed by atoms with E-state index in [-0.39, 0.29) is 11.4 Å². The summed E-state index contributed by atoms with van der Waals surface area (Å²) in [4.78, 5) is 44.8. The Hall–Kier alpha value is -4.15. The highest BCUT2D eigenvalue weighted by molar-refractivity contribution is 6.30. The second kappa shape index (κ2) is 9.14. The number of benzene rings is 3. The van der Waals surface area contributed by atoms with E-state index >= 15 is 0 Å². The molecule has 3 aromatic rings. The van der Waals surface area contributed by atoms with Crippen LogP contribution in [0.2, 0.25) is 5.02 Å². The lowest BCUT2D eigenvalue weighted by Gasteiger charge is -2.29. The van der Waals surface area contributed by atoms with Crippen LogP contribution in [0.5, 0.6) is 11.5 Å². The summed E-state index contributed by atoms with van der Waals surface area (Å²) in [5.74, 6) is -0.946. The molecule has 3 atom stereocenters. The van der Waals surface area contributed by atoms with Gasteiger partial charge in [0.15, 0.2) is 6.10 Å². The number of imide groups is 1. The lowest BCUT2D eigenvalue weighted by Crippen LogP contribution is -2.37. The van der Waals surface area contributed by atoms with E-state index in [1.54, 1.807) is 42.5 Å². The largest absolute Gasteiger partial charge is 0.497 e. The number of hydroxylamine groups is 1. The summed E-state index contributed by atoms with van der Waals surface area (Å²) in [5.41, 5.74) is 1.29. The van der Waals surface area contributed by atoms with Crippen LogP contribution in [0.15, 0.2) is 66.7 Å². The van der Waals surface area contributed by atoms with Crippen LogP contribution in [-0.4, -0.2) is 37.1 Å². The highest BCUT2D eigenvalue weighted by Crippen LogP contribution is 2.50. The molecular weight excluding hydrogens is 490 g/mol. The molecule has 184 valence electrons. The zero-order valence-corrected chi connectivity index (χ0v) is 19.9. The number of nitro benzene ring substituents is 1. The summed E-state index contributed by atoms with van der Waals surface area (Å²) < 4.78 is 10.9. The molecule has 2 fully saturated rings. The lowest BCUT2D eigenvalue weighted by atomic mass is 9.90. The number of nitrogens with zero attached hydrogens (tertiary/aromatic N) is 3. The minimum absolute atomic E-state index is 0.149. The Morgan fingerprint density at radius 2 is 1.58 bits per heavy atom. The van der Waals surface area contributed by atoms with Crippen molar-refractivity contribution in [3.63, 3.8) is 0 Å². The first-order valence-electron chi connectivity index (χ1n) is 10.9. The SMILES string of the molecule is COc1ccc([C@H]2[C@@H]3C(=O)N(c4ccc([N+](=O)[O-])cc4)C(=O)[C@H]3ON2c2ccc(Cl)cc2)c(OC)c1. The molecule has 2 saturated heterocycles. The fraction of sp³-hybridized carbons (Fsp3) is 0.200. The van der Waals surface area contributed by atoms with Gasteiger partial charge in [0.2, 0.25) is 5.91 Å². The van der Waals surface area contributed by atoms with Crippen molar-refractivity contribution in [2.45, 2.75) is 12.1 Å². The van der Waals surface area contributed by atoms with E-state index in [2.05, 4.69) is 0 Å². The smallest absolute Gasteiger partial charge is 0.269 e. The number of halogens is 1. The molecular formula is C25H20ClN3O7. The van der Waals surface area contributed by atoms with E-state index in [1.165, 1.54) is 43.5 Å². The van der Waals surface area contributed by atoms with Crippen molar-refractivity contribution >= 4 is 40.5 Å². The van der Waals surface area contributed by atoms with Crippen molar-refractivity contribution in [3.8, 4) is 11.5 Å². The first-order valence-corrected chi connectivity index (χ1v) is 11.3. The number of hydrogen-bond acceptors (Lipinski definition) is 8. The van der Waals surface area contributed by atoms with Crippen molar-refractivity contribution < 1.29 is 28.8 Å². The minimum atomic E-state index is -1.11. The van der Waals surface area contributed by atoms with Crippen LogP contribution in [0.4, 0.5) is 17.1 Å². The van der Waals surface area contributed by atoms with Gasteiger partial charge in [-0.25, -0.2) is 9.96 Å². The third-order valence-corrected chi connectivity index (χ3v) is 6.53. The number of nitro groups is 1. The van der Waals surface area contributed by atoms with Crippen molar-refractivity contribution in [2.75, 3.05) is 24.2 Å². The van der Waals surface area contributed by atoms with Gasteiger partial charge in [0.1, 0.15) is 17.4 Å². The minimum Gasteiger partial charge on any atom is -0.497 e. The van der Waals surface area contributed by atoms with Crippen molar-refractivity contribution in [3.05, 3.63) is 87.4 Å². The number of fused-ring (bicyclic) bond motifs is 1. The van der Waals surface area contributed by atoms with Crippen LogP contribution in [0, 0.1) is 16.0 Å². The molecule has 0 aromatic heterocycles. The number of hydrogen-bond donors (Lipinski definition) is 0. The van der Waals surface area contributed by atoms with E-state index in [0.29, 0.717) is 27.8 Å². The molecule has 0 unspecified atom stereocenters. The Bertz CT molecular complexity index is 1350. The fourth-order valence-electron chi connectivity index (χ4n) is 4.58. The highest BCUT2D eigenvalue weighted by atomic mass is 35.5. The molecule has 3 aromatic carbocycles. The van der Waals surface area contributed by atoms with Crippen LogP contribution < -0.4 is 19.4 Å². The van der Waals surface area contributed by atoms with Gasteiger partial charge in [-0.2, -0.15) is 0 Å². The number of amides is 2. The van der Waals surface area contributed by atoms with E-state index in [9.17, 15) is 19.7 Å². The van der Waals surface area contributed by atoms with E-state index in [0.717, 1.165) is 4.90 Å². The highest BCUT2D eigenvalue weighted by Gasteiger charge is 2.60.